The number of likely N-dealkylation sites (N-methyl/N-ethyl adjacent to an activating group) is 2. The topological polar surface area (TPSA) is 62.4 Å². The van der Waals surface area contributed by atoms with E-state index >= 15 is 0 Å². The summed E-state index contributed by atoms with van der Waals surface area (Å²) in [6, 6.07) is 2.55. The molecule has 20 heavy (non-hydrogen) atoms. The smallest absolute Gasteiger partial charge is 0.0796 e. The van der Waals surface area contributed by atoms with Crippen molar-refractivity contribution >= 4 is 0 Å². The summed E-state index contributed by atoms with van der Waals surface area (Å²) in [6.45, 7) is 6.37. The molecule has 1 aliphatic heterocycles. The van der Waals surface area contributed by atoms with Crippen molar-refractivity contribution in [3.05, 3.63) is 18.0 Å². The van der Waals surface area contributed by atoms with E-state index in [1.165, 1.54) is 12.1 Å². The van der Waals surface area contributed by atoms with Gasteiger partial charge in [0, 0.05) is 25.3 Å². The number of aryl methyl sites for hydroxylation is 1. The molecule has 3 N–H and O–H groups in total. The predicted octanol–water partition coefficient (Wildman–Crippen LogP) is 0.433. The molecular weight excluding hydrogens is 252 g/mol. The molecule has 114 valence electrons. The minimum absolute atomic E-state index is 0.106. The minimum Gasteiger partial charge on any atom is -0.305 e. The lowest BCUT2D eigenvalue weighted by Crippen LogP contribution is -2.49. The van der Waals surface area contributed by atoms with E-state index in [1.807, 2.05) is 6.20 Å². The quantitative estimate of drug-likeness (QED) is 0.605. The van der Waals surface area contributed by atoms with Gasteiger partial charge in [0.1, 0.15) is 0 Å². The molecule has 0 aromatic carbocycles. The van der Waals surface area contributed by atoms with Crippen LogP contribution in [0, 0.1) is 0 Å². The second kappa shape index (κ2) is 7.17. The maximum Gasteiger partial charge on any atom is 0.0796 e. The first-order valence-corrected chi connectivity index (χ1v) is 7.54. The van der Waals surface area contributed by atoms with Crippen LogP contribution in [0.5, 0.6) is 0 Å². The lowest BCUT2D eigenvalue weighted by atomic mass is 10.0. The minimum atomic E-state index is 0.106. The van der Waals surface area contributed by atoms with Gasteiger partial charge in [0.2, 0.25) is 0 Å². The molecule has 0 bridgehead atoms. The fourth-order valence-electron chi connectivity index (χ4n) is 3.07. The summed E-state index contributed by atoms with van der Waals surface area (Å²) in [5, 5.41) is 4.43. The number of hydrogen-bond donors (Lipinski definition) is 2. The summed E-state index contributed by atoms with van der Waals surface area (Å²) in [4.78, 5) is 4.80. The highest BCUT2D eigenvalue weighted by Crippen LogP contribution is 2.22. The van der Waals surface area contributed by atoms with Gasteiger partial charge in [-0.3, -0.25) is 10.5 Å². The molecular formula is C14H28N6. The molecule has 0 spiro atoms. The standard InChI is InChI=1S/C14H28N6/c1-4-8-20-12(6-7-16-20)14(17-15)13-11-18(2)9-5-10-19(13)3/h6-7,13-14,17H,4-5,8-11,15H2,1-3H3. The third-order valence-electron chi connectivity index (χ3n) is 4.18. The maximum absolute atomic E-state index is 5.88. The number of nitrogens with two attached hydrogens (primary N) is 1. The largest absolute Gasteiger partial charge is 0.305 e. The third-order valence-corrected chi connectivity index (χ3v) is 4.18. The van der Waals surface area contributed by atoms with Gasteiger partial charge >= 0.3 is 0 Å². The number of hydrogen-bond acceptors (Lipinski definition) is 5. The monoisotopic (exact) mass is 280 g/mol. The zero-order valence-electron chi connectivity index (χ0n) is 12.9. The number of nitrogens with one attached hydrogen (secondary N) is 1. The highest BCUT2D eigenvalue weighted by atomic mass is 15.3. The molecule has 2 atom stereocenters. The van der Waals surface area contributed by atoms with Gasteiger partial charge in [0.05, 0.1) is 11.7 Å². The molecule has 0 saturated carbocycles. The molecule has 1 aliphatic rings. The fraction of sp³-hybridized carbons (Fsp3) is 0.786. The van der Waals surface area contributed by atoms with E-state index in [-0.39, 0.29) is 6.04 Å². The van der Waals surface area contributed by atoms with Crippen LogP contribution in [0.4, 0.5) is 0 Å². The van der Waals surface area contributed by atoms with Gasteiger partial charge in [-0.1, -0.05) is 6.92 Å². The Balaban J connectivity index is 2.22. The SMILES string of the molecule is CCCn1nccc1C(NN)C1CN(C)CCCN1C. The third kappa shape index (κ3) is 3.38. The Bertz CT molecular complexity index is 404. The molecule has 2 unspecified atom stereocenters. The van der Waals surface area contributed by atoms with Crippen molar-refractivity contribution in [3.8, 4) is 0 Å². The van der Waals surface area contributed by atoms with Crippen molar-refractivity contribution in [1.82, 2.24) is 25.0 Å². The normalized spacial score (nSPS) is 23.7. The summed E-state index contributed by atoms with van der Waals surface area (Å²) in [5.41, 5.74) is 4.20. The molecule has 0 amide bonds. The molecule has 2 heterocycles. The van der Waals surface area contributed by atoms with Gasteiger partial charge in [-0.25, -0.2) is 5.43 Å². The summed E-state index contributed by atoms with van der Waals surface area (Å²) in [6.07, 6.45) is 4.15. The van der Waals surface area contributed by atoms with E-state index in [2.05, 4.69) is 52.1 Å². The lowest BCUT2D eigenvalue weighted by Gasteiger charge is -2.34. The van der Waals surface area contributed by atoms with E-state index in [0.29, 0.717) is 6.04 Å². The van der Waals surface area contributed by atoms with E-state index in [1.54, 1.807) is 0 Å². The average molecular weight is 280 g/mol. The highest BCUT2D eigenvalue weighted by Gasteiger charge is 2.30. The number of hydrazine groups is 1. The van der Waals surface area contributed by atoms with Crippen molar-refractivity contribution < 1.29 is 0 Å². The molecule has 0 radical (unpaired) electrons. The Morgan fingerprint density at radius 3 is 2.95 bits per heavy atom. The van der Waals surface area contributed by atoms with Crippen LogP contribution in [0.15, 0.2) is 12.3 Å². The molecule has 6 nitrogen and oxygen atoms in total. The summed E-state index contributed by atoms with van der Waals surface area (Å²) in [7, 11) is 4.37. The molecule has 1 saturated heterocycles. The van der Waals surface area contributed by atoms with Crippen LogP contribution in [-0.4, -0.2) is 59.4 Å². The van der Waals surface area contributed by atoms with Crippen molar-refractivity contribution in [3.63, 3.8) is 0 Å². The van der Waals surface area contributed by atoms with Crippen LogP contribution >= 0.6 is 0 Å². The second-order valence-corrected chi connectivity index (χ2v) is 5.79. The Morgan fingerprint density at radius 1 is 1.45 bits per heavy atom. The maximum atomic E-state index is 5.88. The number of rotatable bonds is 5. The van der Waals surface area contributed by atoms with E-state index in [9.17, 15) is 0 Å². The van der Waals surface area contributed by atoms with Gasteiger partial charge in [0.15, 0.2) is 0 Å². The first-order chi connectivity index (χ1) is 9.67. The summed E-state index contributed by atoms with van der Waals surface area (Å²) >= 11 is 0. The summed E-state index contributed by atoms with van der Waals surface area (Å²) < 4.78 is 2.07. The van der Waals surface area contributed by atoms with E-state index in [4.69, 9.17) is 5.84 Å². The van der Waals surface area contributed by atoms with Gasteiger partial charge in [-0.2, -0.15) is 5.10 Å². The highest BCUT2D eigenvalue weighted by molar-refractivity contribution is 5.11. The fourth-order valence-corrected chi connectivity index (χ4v) is 3.07. The van der Waals surface area contributed by atoms with Gasteiger partial charge in [-0.05, 0) is 46.1 Å². The van der Waals surface area contributed by atoms with Crippen LogP contribution < -0.4 is 11.3 Å². The van der Waals surface area contributed by atoms with Crippen LogP contribution in [0.3, 0.4) is 0 Å². The van der Waals surface area contributed by atoms with Crippen molar-refractivity contribution in [1.29, 1.82) is 0 Å². The van der Waals surface area contributed by atoms with Crippen molar-refractivity contribution in [2.75, 3.05) is 33.7 Å². The van der Waals surface area contributed by atoms with Crippen molar-refractivity contribution in [2.45, 2.75) is 38.4 Å². The Labute approximate surface area is 121 Å². The van der Waals surface area contributed by atoms with Crippen LogP contribution in [0.25, 0.3) is 0 Å². The molecule has 1 aromatic heterocycles. The Hall–Kier alpha value is -0.950. The molecule has 2 rings (SSSR count). The average Bonchev–Trinajstić information content (AvgIpc) is 2.80. The van der Waals surface area contributed by atoms with Crippen LogP contribution in [0.1, 0.15) is 31.5 Å². The van der Waals surface area contributed by atoms with E-state index < -0.39 is 0 Å². The van der Waals surface area contributed by atoms with Gasteiger partial charge < -0.3 is 9.80 Å². The number of aromatic nitrogens is 2. The Kier molecular flexibility index (Phi) is 5.54. The zero-order valence-corrected chi connectivity index (χ0v) is 12.9. The lowest BCUT2D eigenvalue weighted by molar-refractivity contribution is 0.173. The molecule has 1 fully saturated rings. The van der Waals surface area contributed by atoms with Crippen molar-refractivity contribution in [2.24, 2.45) is 5.84 Å². The van der Waals surface area contributed by atoms with Gasteiger partial charge in [0.25, 0.3) is 0 Å². The van der Waals surface area contributed by atoms with Crippen LogP contribution in [0.2, 0.25) is 0 Å². The predicted molar refractivity (Wildman–Crippen MR) is 81.1 cm³/mol. The van der Waals surface area contributed by atoms with Crippen LogP contribution in [-0.2, 0) is 6.54 Å². The molecule has 0 aliphatic carbocycles. The second-order valence-electron chi connectivity index (χ2n) is 5.79. The first kappa shape index (κ1) is 15.4. The van der Waals surface area contributed by atoms with Gasteiger partial charge in [-0.15, -0.1) is 0 Å². The summed E-state index contributed by atoms with van der Waals surface area (Å²) in [5.74, 6) is 5.88. The molecule has 1 aromatic rings. The first-order valence-electron chi connectivity index (χ1n) is 7.54. The zero-order chi connectivity index (χ0) is 14.5. The Morgan fingerprint density at radius 2 is 2.25 bits per heavy atom. The number of nitrogens with zero attached hydrogens (tertiary/aromatic N) is 4. The molecule has 6 heteroatoms. The van der Waals surface area contributed by atoms with E-state index in [0.717, 1.165) is 32.6 Å².